The van der Waals surface area contributed by atoms with Crippen molar-refractivity contribution in [3.63, 3.8) is 0 Å². The highest BCUT2D eigenvalue weighted by Crippen LogP contribution is 2.42. The zero-order valence-corrected chi connectivity index (χ0v) is 14.8. The van der Waals surface area contributed by atoms with E-state index in [1.165, 1.54) is 28.2 Å². The number of amides is 4. The summed E-state index contributed by atoms with van der Waals surface area (Å²) in [5.41, 5.74) is 1.38. The summed E-state index contributed by atoms with van der Waals surface area (Å²) in [4.78, 5) is 41.8. The Morgan fingerprint density at radius 1 is 1.25 bits per heavy atom. The van der Waals surface area contributed by atoms with Crippen LogP contribution in [0.5, 0.6) is 0 Å². The fraction of sp³-hybridized carbons (Fsp3) is 0.588. The van der Waals surface area contributed by atoms with Crippen molar-refractivity contribution >= 4 is 29.2 Å². The molecule has 1 aromatic heterocycles. The number of quaternary nitrogens is 1. The van der Waals surface area contributed by atoms with E-state index >= 15 is 0 Å². The van der Waals surface area contributed by atoms with Crippen molar-refractivity contribution < 1.29 is 19.3 Å². The molecule has 0 spiro atoms. The molecular weight excluding hydrogens is 326 g/mol. The minimum absolute atomic E-state index is 0.294. The Bertz CT molecular complexity index is 710. The summed E-state index contributed by atoms with van der Waals surface area (Å²) >= 11 is 1.80. The number of imide groups is 2. The topological polar surface area (TPSA) is 62.1 Å². The standard InChI is InChI=1S/C17H21N3O3S/c1-10(2)20-16(22)15(21)19(17(20)23)9-18-7-5-13-12(6-8-24-13)14(18)11-3-4-11/h6,8,10-11,14H,3-5,7,9H2,1-2H3/p+1/t14-/m1/s1. The lowest BCUT2D eigenvalue weighted by Gasteiger charge is -2.34. The Balaban J connectivity index is 1.58. The molecule has 1 saturated heterocycles. The third kappa shape index (κ3) is 2.38. The number of thiophene rings is 1. The van der Waals surface area contributed by atoms with E-state index in [0.717, 1.165) is 22.8 Å². The fourth-order valence-electron chi connectivity index (χ4n) is 3.99. The number of nitrogens with one attached hydrogen (secondary N) is 1. The highest BCUT2D eigenvalue weighted by Gasteiger charge is 2.50. The van der Waals surface area contributed by atoms with Crippen LogP contribution in [0.1, 0.15) is 43.2 Å². The van der Waals surface area contributed by atoms with Crippen molar-refractivity contribution in [1.82, 2.24) is 9.80 Å². The highest BCUT2D eigenvalue weighted by molar-refractivity contribution is 7.10. The van der Waals surface area contributed by atoms with Gasteiger partial charge in [-0.25, -0.2) is 9.69 Å². The van der Waals surface area contributed by atoms with Crippen molar-refractivity contribution in [3.8, 4) is 0 Å². The van der Waals surface area contributed by atoms with Gasteiger partial charge in [0.1, 0.15) is 6.04 Å². The SMILES string of the molecule is CC(C)N1C(=O)C(=O)N(C[NH+]2CCc3sccc3[C@H]2C2CC2)C1=O. The van der Waals surface area contributed by atoms with Crippen LogP contribution >= 0.6 is 11.3 Å². The third-order valence-electron chi connectivity index (χ3n) is 5.28. The van der Waals surface area contributed by atoms with Gasteiger partial charge in [0.2, 0.25) is 0 Å². The molecule has 2 aliphatic heterocycles. The van der Waals surface area contributed by atoms with Gasteiger partial charge in [0.25, 0.3) is 0 Å². The van der Waals surface area contributed by atoms with E-state index < -0.39 is 17.8 Å². The molecular formula is C17H22N3O3S+. The second kappa shape index (κ2) is 5.67. The van der Waals surface area contributed by atoms with Gasteiger partial charge in [-0.15, -0.1) is 11.3 Å². The number of carbonyl (C=O) groups excluding carboxylic acids is 3. The largest absolute Gasteiger partial charge is 0.338 e. The fourth-order valence-corrected chi connectivity index (χ4v) is 4.92. The first-order valence-electron chi connectivity index (χ1n) is 8.59. The molecule has 6 nitrogen and oxygen atoms in total. The van der Waals surface area contributed by atoms with E-state index in [1.807, 2.05) is 0 Å². The third-order valence-corrected chi connectivity index (χ3v) is 6.28. The molecule has 4 amide bonds. The van der Waals surface area contributed by atoms with Crippen LogP contribution in [-0.4, -0.2) is 46.9 Å². The molecule has 3 heterocycles. The lowest BCUT2D eigenvalue weighted by atomic mass is 9.96. The molecule has 2 fully saturated rings. The Labute approximate surface area is 145 Å². The summed E-state index contributed by atoms with van der Waals surface area (Å²) in [5, 5.41) is 2.14. The molecule has 0 bridgehead atoms. The maximum atomic E-state index is 12.5. The monoisotopic (exact) mass is 348 g/mol. The number of nitrogens with zero attached hydrogens (tertiary/aromatic N) is 2. The van der Waals surface area contributed by atoms with Gasteiger partial charge >= 0.3 is 17.8 Å². The van der Waals surface area contributed by atoms with Crippen LogP contribution in [-0.2, 0) is 16.0 Å². The summed E-state index contributed by atoms with van der Waals surface area (Å²) in [6.07, 6.45) is 3.40. The highest BCUT2D eigenvalue weighted by atomic mass is 32.1. The van der Waals surface area contributed by atoms with Gasteiger partial charge in [-0.3, -0.25) is 14.5 Å². The zero-order valence-electron chi connectivity index (χ0n) is 13.9. The Kier molecular flexibility index (Phi) is 3.73. The van der Waals surface area contributed by atoms with Crippen LogP contribution in [0, 0.1) is 5.92 Å². The van der Waals surface area contributed by atoms with E-state index in [1.54, 1.807) is 25.2 Å². The van der Waals surface area contributed by atoms with E-state index in [9.17, 15) is 14.4 Å². The van der Waals surface area contributed by atoms with Gasteiger partial charge in [-0.1, -0.05) is 0 Å². The van der Waals surface area contributed by atoms with Crippen molar-refractivity contribution in [2.75, 3.05) is 13.2 Å². The molecule has 1 N–H and O–H groups in total. The van der Waals surface area contributed by atoms with Crippen LogP contribution in [0.2, 0.25) is 0 Å². The molecule has 4 rings (SSSR count). The lowest BCUT2D eigenvalue weighted by Crippen LogP contribution is -3.15. The van der Waals surface area contributed by atoms with E-state index in [0.29, 0.717) is 18.6 Å². The lowest BCUT2D eigenvalue weighted by molar-refractivity contribution is -0.943. The van der Waals surface area contributed by atoms with Crippen LogP contribution in [0.3, 0.4) is 0 Å². The first-order valence-corrected chi connectivity index (χ1v) is 9.47. The Morgan fingerprint density at radius 2 is 2.00 bits per heavy atom. The first-order chi connectivity index (χ1) is 11.5. The molecule has 128 valence electrons. The molecule has 0 radical (unpaired) electrons. The summed E-state index contributed by atoms with van der Waals surface area (Å²) in [6.45, 7) is 4.71. The summed E-state index contributed by atoms with van der Waals surface area (Å²) < 4.78 is 0. The van der Waals surface area contributed by atoms with Gasteiger partial charge in [0, 0.05) is 28.8 Å². The summed E-state index contributed by atoms with van der Waals surface area (Å²) in [7, 11) is 0. The van der Waals surface area contributed by atoms with Gasteiger partial charge < -0.3 is 4.90 Å². The zero-order chi connectivity index (χ0) is 17.0. The number of fused-ring (bicyclic) bond motifs is 1. The van der Waals surface area contributed by atoms with Gasteiger partial charge in [0.05, 0.1) is 6.54 Å². The van der Waals surface area contributed by atoms with Crippen LogP contribution in [0.15, 0.2) is 11.4 Å². The number of urea groups is 1. The molecule has 7 heteroatoms. The van der Waals surface area contributed by atoms with Crippen LogP contribution in [0.4, 0.5) is 4.79 Å². The number of hydrogen-bond donors (Lipinski definition) is 1. The smallest absolute Gasteiger partial charge is 0.311 e. The number of rotatable bonds is 4. The van der Waals surface area contributed by atoms with Crippen LogP contribution in [0.25, 0.3) is 0 Å². The number of carbonyl (C=O) groups is 3. The second-order valence-electron chi connectivity index (χ2n) is 7.22. The van der Waals surface area contributed by atoms with E-state index in [4.69, 9.17) is 0 Å². The van der Waals surface area contributed by atoms with E-state index in [2.05, 4.69) is 11.4 Å². The summed E-state index contributed by atoms with van der Waals surface area (Å²) in [6, 6.07) is 1.79. The molecule has 0 aromatic carbocycles. The molecule has 1 aliphatic carbocycles. The normalized spacial score (nSPS) is 27.4. The quantitative estimate of drug-likeness (QED) is 0.647. The Morgan fingerprint density at radius 3 is 2.62 bits per heavy atom. The molecule has 1 saturated carbocycles. The minimum Gasteiger partial charge on any atom is -0.311 e. The summed E-state index contributed by atoms with van der Waals surface area (Å²) in [5.74, 6) is -0.726. The predicted molar refractivity (Wildman–Crippen MR) is 88.4 cm³/mol. The molecule has 24 heavy (non-hydrogen) atoms. The van der Waals surface area contributed by atoms with Gasteiger partial charge in [0.15, 0.2) is 6.67 Å². The number of hydrogen-bond acceptors (Lipinski definition) is 4. The average molecular weight is 348 g/mol. The van der Waals surface area contributed by atoms with Crippen molar-refractivity contribution in [1.29, 1.82) is 0 Å². The van der Waals surface area contributed by atoms with Gasteiger partial charge in [-0.2, -0.15) is 0 Å². The van der Waals surface area contributed by atoms with Crippen LogP contribution < -0.4 is 4.90 Å². The van der Waals surface area contributed by atoms with E-state index in [-0.39, 0.29) is 6.04 Å². The second-order valence-corrected chi connectivity index (χ2v) is 8.22. The Hall–Kier alpha value is -1.73. The minimum atomic E-state index is -0.689. The predicted octanol–water partition coefficient (Wildman–Crippen LogP) is 0.797. The van der Waals surface area contributed by atoms with Crippen molar-refractivity contribution in [3.05, 3.63) is 21.9 Å². The molecule has 2 atom stereocenters. The molecule has 1 aromatic rings. The molecule has 1 unspecified atom stereocenters. The maximum Gasteiger partial charge on any atom is 0.338 e. The van der Waals surface area contributed by atoms with Gasteiger partial charge in [-0.05, 0) is 38.1 Å². The molecule has 3 aliphatic rings. The van der Waals surface area contributed by atoms with Crippen molar-refractivity contribution in [2.45, 2.75) is 45.2 Å². The maximum absolute atomic E-state index is 12.5. The van der Waals surface area contributed by atoms with Crippen molar-refractivity contribution in [2.24, 2.45) is 5.92 Å². The first kappa shape index (κ1) is 15.8. The average Bonchev–Trinajstić information content (AvgIpc) is 3.22.